The number of carboxylic acids is 1. The number of hydrogen-bond acceptors (Lipinski definition) is 5. The highest BCUT2D eigenvalue weighted by molar-refractivity contribution is 7.09. The van der Waals surface area contributed by atoms with Crippen LogP contribution in [0.5, 0.6) is 0 Å². The Bertz CT molecular complexity index is 484. The molecule has 0 aliphatic carbocycles. The molecule has 110 valence electrons. The average Bonchev–Trinajstić information content (AvgIpc) is 2.81. The van der Waals surface area contributed by atoms with E-state index >= 15 is 0 Å². The van der Waals surface area contributed by atoms with E-state index in [-0.39, 0.29) is 0 Å². The normalized spacial score (nSPS) is 12.5. The standard InChI is InChI=1S/C13H18N2O4S/c1-9-14-10(8-20-9)5-6-12(16)15-11(13(17)18)4-3-7-19-2/h5-6,8,11H,3-4,7H2,1-2H3,(H,15,16)(H,17,18)/b6-5+. The maximum atomic E-state index is 11.7. The lowest BCUT2D eigenvalue weighted by molar-refractivity contribution is -0.141. The van der Waals surface area contributed by atoms with Crippen molar-refractivity contribution in [2.24, 2.45) is 0 Å². The molecule has 0 aliphatic rings. The van der Waals surface area contributed by atoms with Crippen LogP contribution in [-0.2, 0) is 14.3 Å². The van der Waals surface area contributed by atoms with E-state index in [0.717, 1.165) is 5.01 Å². The van der Waals surface area contributed by atoms with Gasteiger partial charge >= 0.3 is 5.97 Å². The van der Waals surface area contributed by atoms with Crippen LogP contribution >= 0.6 is 11.3 Å². The topological polar surface area (TPSA) is 88.5 Å². The molecule has 1 amide bonds. The Morgan fingerprint density at radius 2 is 2.35 bits per heavy atom. The molecule has 1 aromatic heterocycles. The molecule has 0 radical (unpaired) electrons. The second-order valence-corrected chi connectivity index (χ2v) is 5.22. The smallest absolute Gasteiger partial charge is 0.326 e. The molecule has 1 atom stereocenters. The second kappa shape index (κ2) is 8.44. The summed E-state index contributed by atoms with van der Waals surface area (Å²) in [5.74, 6) is -1.49. The number of aromatic nitrogens is 1. The highest BCUT2D eigenvalue weighted by Gasteiger charge is 2.18. The van der Waals surface area contributed by atoms with Gasteiger partial charge in [0.1, 0.15) is 6.04 Å². The fraction of sp³-hybridized carbons (Fsp3) is 0.462. The van der Waals surface area contributed by atoms with Crippen LogP contribution in [0.2, 0.25) is 0 Å². The number of hydrogen-bond donors (Lipinski definition) is 2. The van der Waals surface area contributed by atoms with Gasteiger partial charge in [-0.15, -0.1) is 11.3 Å². The molecular formula is C13H18N2O4S. The Labute approximate surface area is 121 Å². The van der Waals surface area contributed by atoms with Crippen LogP contribution in [0.15, 0.2) is 11.5 Å². The summed E-state index contributed by atoms with van der Waals surface area (Å²) >= 11 is 1.49. The Morgan fingerprint density at radius 3 is 2.90 bits per heavy atom. The van der Waals surface area contributed by atoms with Gasteiger partial charge in [-0.2, -0.15) is 0 Å². The van der Waals surface area contributed by atoms with E-state index in [9.17, 15) is 9.59 Å². The minimum atomic E-state index is -1.05. The summed E-state index contributed by atoms with van der Waals surface area (Å²) in [6, 6.07) is -0.903. The summed E-state index contributed by atoms with van der Waals surface area (Å²) in [7, 11) is 1.55. The van der Waals surface area contributed by atoms with E-state index in [4.69, 9.17) is 9.84 Å². The van der Waals surface area contributed by atoms with Crippen LogP contribution in [0.25, 0.3) is 6.08 Å². The molecule has 1 rings (SSSR count). The summed E-state index contributed by atoms with van der Waals surface area (Å²) in [4.78, 5) is 26.8. The number of carbonyl (C=O) groups excluding carboxylic acids is 1. The second-order valence-electron chi connectivity index (χ2n) is 4.16. The lowest BCUT2D eigenvalue weighted by Gasteiger charge is -2.12. The Morgan fingerprint density at radius 1 is 1.60 bits per heavy atom. The largest absolute Gasteiger partial charge is 0.480 e. The first kappa shape index (κ1) is 16.3. The van der Waals surface area contributed by atoms with Gasteiger partial charge in [0.25, 0.3) is 0 Å². The van der Waals surface area contributed by atoms with Crippen molar-refractivity contribution in [2.75, 3.05) is 13.7 Å². The van der Waals surface area contributed by atoms with Crippen molar-refractivity contribution < 1.29 is 19.4 Å². The van der Waals surface area contributed by atoms with Crippen LogP contribution < -0.4 is 5.32 Å². The molecule has 0 saturated heterocycles. The van der Waals surface area contributed by atoms with Crippen molar-refractivity contribution in [1.29, 1.82) is 0 Å². The van der Waals surface area contributed by atoms with Crippen molar-refractivity contribution >= 4 is 29.3 Å². The number of aryl methyl sites for hydroxylation is 1. The van der Waals surface area contributed by atoms with Crippen molar-refractivity contribution in [3.63, 3.8) is 0 Å². The summed E-state index contributed by atoms with van der Waals surface area (Å²) < 4.78 is 4.86. The lowest BCUT2D eigenvalue weighted by atomic mass is 10.1. The van der Waals surface area contributed by atoms with Crippen molar-refractivity contribution in [2.45, 2.75) is 25.8 Å². The van der Waals surface area contributed by atoms with E-state index < -0.39 is 17.9 Å². The zero-order valence-electron chi connectivity index (χ0n) is 11.5. The van der Waals surface area contributed by atoms with Crippen LogP contribution in [0.1, 0.15) is 23.5 Å². The summed E-state index contributed by atoms with van der Waals surface area (Å²) in [5.41, 5.74) is 0.689. The Kier molecular flexibility index (Phi) is 6.89. The summed E-state index contributed by atoms with van der Waals surface area (Å²) in [6.45, 7) is 2.34. The number of rotatable bonds is 8. The molecule has 0 spiro atoms. The number of methoxy groups -OCH3 is 1. The zero-order valence-corrected chi connectivity index (χ0v) is 12.3. The summed E-state index contributed by atoms with van der Waals surface area (Å²) in [5, 5.41) is 14.2. The van der Waals surface area contributed by atoms with Crippen molar-refractivity contribution in [1.82, 2.24) is 10.3 Å². The van der Waals surface area contributed by atoms with Crippen LogP contribution in [0.4, 0.5) is 0 Å². The molecule has 0 saturated carbocycles. The first-order valence-corrected chi connectivity index (χ1v) is 7.03. The number of aliphatic carboxylic acids is 1. The average molecular weight is 298 g/mol. The zero-order chi connectivity index (χ0) is 15.0. The van der Waals surface area contributed by atoms with Crippen molar-refractivity contribution in [3.05, 3.63) is 22.2 Å². The third-order valence-corrected chi connectivity index (χ3v) is 3.29. The minimum absolute atomic E-state index is 0.332. The van der Waals surface area contributed by atoms with Gasteiger partial charge in [0.05, 0.1) is 10.7 Å². The van der Waals surface area contributed by atoms with E-state index in [2.05, 4.69) is 10.3 Å². The molecule has 2 N–H and O–H groups in total. The maximum absolute atomic E-state index is 11.7. The molecule has 0 bridgehead atoms. The van der Waals surface area contributed by atoms with Gasteiger partial charge in [0, 0.05) is 25.2 Å². The Hall–Kier alpha value is -1.73. The predicted molar refractivity (Wildman–Crippen MR) is 76.6 cm³/mol. The molecule has 0 fully saturated rings. The molecule has 1 heterocycles. The Balaban J connectivity index is 2.49. The SMILES string of the molecule is COCCCC(NC(=O)/C=C/c1csc(C)n1)C(=O)O. The molecular weight excluding hydrogens is 280 g/mol. The number of nitrogens with zero attached hydrogens (tertiary/aromatic N) is 1. The predicted octanol–water partition coefficient (Wildman–Crippen LogP) is 1.46. The number of carbonyl (C=O) groups is 2. The summed E-state index contributed by atoms with van der Waals surface area (Å²) in [6.07, 6.45) is 3.76. The van der Waals surface area contributed by atoms with E-state index in [0.29, 0.717) is 25.1 Å². The molecule has 7 heteroatoms. The fourth-order valence-corrected chi connectivity index (χ4v) is 2.11. The van der Waals surface area contributed by atoms with Gasteiger partial charge in [0.2, 0.25) is 5.91 Å². The highest BCUT2D eigenvalue weighted by atomic mass is 32.1. The number of ether oxygens (including phenoxy) is 1. The van der Waals surface area contributed by atoms with E-state index in [1.807, 2.05) is 12.3 Å². The lowest BCUT2D eigenvalue weighted by Crippen LogP contribution is -2.40. The van der Waals surface area contributed by atoms with Gasteiger partial charge in [0.15, 0.2) is 0 Å². The molecule has 0 aliphatic heterocycles. The number of nitrogens with one attached hydrogen (secondary N) is 1. The van der Waals surface area contributed by atoms with Crippen LogP contribution in [0, 0.1) is 6.92 Å². The van der Waals surface area contributed by atoms with E-state index in [1.165, 1.54) is 17.4 Å². The number of carboxylic acid groups (broad SMARTS) is 1. The first-order valence-electron chi connectivity index (χ1n) is 6.15. The third kappa shape index (κ3) is 5.94. The van der Waals surface area contributed by atoms with Gasteiger partial charge in [-0.05, 0) is 25.8 Å². The highest BCUT2D eigenvalue weighted by Crippen LogP contribution is 2.09. The van der Waals surface area contributed by atoms with Gasteiger partial charge in [-0.25, -0.2) is 9.78 Å². The third-order valence-electron chi connectivity index (χ3n) is 2.50. The molecule has 1 aromatic rings. The number of thiazole rings is 1. The van der Waals surface area contributed by atoms with E-state index in [1.54, 1.807) is 13.2 Å². The molecule has 1 unspecified atom stereocenters. The maximum Gasteiger partial charge on any atom is 0.326 e. The van der Waals surface area contributed by atoms with Gasteiger partial charge < -0.3 is 15.2 Å². The molecule has 6 nitrogen and oxygen atoms in total. The van der Waals surface area contributed by atoms with Crippen LogP contribution in [-0.4, -0.2) is 41.7 Å². The quantitative estimate of drug-likeness (QED) is 0.560. The first-order chi connectivity index (χ1) is 9.52. The molecule has 0 aromatic carbocycles. The fourth-order valence-electron chi connectivity index (χ4n) is 1.53. The van der Waals surface area contributed by atoms with Crippen LogP contribution in [0.3, 0.4) is 0 Å². The van der Waals surface area contributed by atoms with Gasteiger partial charge in [-0.1, -0.05) is 0 Å². The van der Waals surface area contributed by atoms with Crippen molar-refractivity contribution in [3.8, 4) is 0 Å². The number of amides is 1. The molecule has 20 heavy (non-hydrogen) atoms. The van der Waals surface area contributed by atoms with Gasteiger partial charge in [-0.3, -0.25) is 4.79 Å². The monoisotopic (exact) mass is 298 g/mol. The minimum Gasteiger partial charge on any atom is -0.480 e.